The Morgan fingerprint density at radius 3 is 2.42 bits per heavy atom. The third-order valence-electron chi connectivity index (χ3n) is 6.40. The molecule has 3 aromatic carbocycles. The van der Waals surface area contributed by atoms with E-state index in [9.17, 15) is 4.79 Å². The van der Waals surface area contributed by atoms with Crippen LogP contribution in [0.15, 0.2) is 66.9 Å². The molecule has 4 aromatic rings. The van der Waals surface area contributed by atoms with E-state index in [1.165, 1.54) is 24.3 Å². The molecular formula is C32H36ClN5O5. The molecule has 0 atom stereocenters. The van der Waals surface area contributed by atoms with Gasteiger partial charge >= 0.3 is 6.09 Å². The first-order valence-corrected chi connectivity index (χ1v) is 14.1. The lowest BCUT2D eigenvalue weighted by Crippen LogP contribution is -2.31. The average molecular weight is 606 g/mol. The van der Waals surface area contributed by atoms with Gasteiger partial charge in [-0.15, -0.1) is 0 Å². The normalized spacial score (nSPS) is 10.8. The van der Waals surface area contributed by atoms with Gasteiger partial charge in [-0.05, 0) is 55.3 Å². The Kier molecular flexibility index (Phi) is 10.6. The van der Waals surface area contributed by atoms with Gasteiger partial charge in [-0.3, -0.25) is 0 Å². The summed E-state index contributed by atoms with van der Waals surface area (Å²) in [6.07, 6.45) is 0.817. The molecule has 0 spiro atoms. The van der Waals surface area contributed by atoms with E-state index < -0.39 is 6.09 Å². The maximum Gasteiger partial charge on any atom is 0.425 e. The third-order valence-corrected chi connectivity index (χ3v) is 6.69. The highest BCUT2D eigenvalue weighted by molar-refractivity contribution is 6.32. The van der Waals surface area contributed by atoms with Crippen LogP contribution in [-0.4, -0.2) is 49.5 Å². The molecule has 1 amide bonds. The molecule has 0 saturated heterocycles. The summed E-state index contributed by atoms with van der Waals surface area (Å²) < 4.78 is 22.5. The first-order chi connectivity index (χ1) is 20.7. The molecule has 226 valence electrons. The molecule has 0 unspecified atom stereocenters. The Morgan fingerprint density at radius 1 is 0.977 bits per heavy atom. The minimum Gasteiger partial charge on any atom is -0.497 e. The van der Waals surface area contributed by atoms with E-state index in [1.807, 2.05) is 32.0 Å². The Morgan fingerprint density at radius 2 is 1.74 bits per heavy atom. The van der Waals surface area contributed by atoms with Crippen molar-refractivity contribution in [3.05, 3.63) is 83.0 Å². The molecule has 2 N–H and O–H groups in total. The first-order valence-electron chi connectivity index (χ1n) is 13.8. The Balaban J connectivity index is 1.56. The lowest BCUT2D eigenvalue weighted by atomic mass is 10.1. The van der Waals surface area contributed by atoms with Crippen LogP contribution in [0.3, 0.4) is 0 Å². The Bertz CT molecular complexity index is 1550. The number of nitrogens with one attached hydrogen (secondary N) is 2. The minimum absolute atomic E-state index is 0.0509. The van der Waals surface area contributed by atoms with E-state index in [0.717, 1.165) is 11.1 Å². The van der Waals surface area contributed by atoms with E-state index in [0.29, 0.717) is 58.5 Å². The number of para-hydroxylation sites is 1. The highest BCUT2D eigenvalue weighted by Gasteiger charge is 2.27. The van der Waals surface area contributed by atoms with Crippen LogP contribution >= 0.6 is 11.6 Å². The van der Waals surface area contributed by atoms with Crippen molar-refractivity contribution in [2.24, 2.45) is 0 Å². The lowest BCUT2D eigenvalue weighted by molar-refractivity contribution is 0.208. The predicted molar refractivity (Wildman–Crippen MR) is 169 cm³/mol. The minimum atomic E-state index is -0.679. The summed E-state index contributed by atoms with van der Waals surface area (Å²) in [5.41, 5.74) is 3.54. The van der Waals surface area contributed by atoms with Crippen LogP contribution in [0.2, 0.25) is 5.02 Å². The van der Waals surface area contributed by atoms with Crippen molar-refractivity contribution in [3.63, 3.8) is 0 Å². The molecule has 10 nitrogen and oxygen atoms in total. The van der Waals surface area contributed by atoms with Crippen molar-refractivity contribution in [1.29, 1.82) is 0 Å². The van der Waals surface area contributed by atoms with Gasteiger partial charge in [0.15, 0.2) is 0 Å². The number of halogens is 1. The number of anilines is 4. The van der Waals surface area contributed by atoms with Crippen molar-refractivity contribution in [2.75, 3.05) is 37.6 Å². The van der Waals surface area contributed by atoms with Crippen molar-refractivity contribution >= 4 is 40.7 Å². The smallest absolute Gasteiger partial charge is 0.425 e. The van der Waals surface area contributed by atoms with Gasteiger partial charge in [-0.1, -0.05) is 43.6 Å². The van der Waals surface area contributed by atoms with Gasteiger partial charge in [0.2, 0.25) is 11.8 Å². The second kappa shape index (κ2) is 14.6. The van der Waals surface area contributed by atoms with Crippen LogP contribution in [0, 0.1) is 13.8 Å². The van der Waals surface area contributed by atoms with Gasteiger partial charge in [-0.2, -0.15) is 4.98 Å². The van der Waals surface area contributed by atoms with E-state index in [-0.39, 0.29) is 11.8 Å². The zero-order valence-electron chi connectivity index (χ0n) is 25.1. The van der Waals surface area contributed by atoms with Gasteiger partial charge in [0.05, 0.1) is 30.6 Å². The van der Waals surface area contributed by atoms with Gasteiger partial charge in [0.1, 0.15) is 23.9 Å². The number of hydrogen-bond donors (Lipinski definition) is 2. The molecular weight excluding hydrogens is 570 g/mol. The topological polar surface area (TPSA) is 107 Å². The number of ether oxygens (including phenoxy) is 4. The van der Waals surface area contributed by atoms with E-state index in [2.05, 4.69) is 34.4 Å². The number of carbonyl (C=O) groups excluding carboxylic acids is 1. The third kappa shape index (κ3) is 8.06. The highest BCUT2D eigenvalue weighted by atomic mass is 35.5. The summed E-state index contributed by atoms with van der Waals surface area (Å²) in [7, 11) is 3.10. The fraction of sp³-hybridized carbons (Fsp3) is 0.281. The molecule has 0 saturated carbocycles. The first kappa shape index (κ1) is 31.4. The number of hydrogen-bond acceptors (Lipinski definition) is 9. The van der Waals surface area contributed by atoms with Gasteiger partial charge in [0, 0.05) is 36.6 Å². The van der Waals surface area contributed by atoms with Crippen LogP contribution in [0.25, 0.3) is 0 Å². The quantitative estimate of drug-likeness (QED) is 0.162. The number of aryl methyl sites for hydroxylation is 2. The largest absolute Gasteiger partial charge is 0.497 e. The molecule has 11 heteroatoms. The molecule has 4 rings (SSSR count). The number of aromatic nitrogens is 2. The summed E-state index contributed by atoms with van der Waals surface area (Å²) in [6.45, 7) is 9.20. The standard InChI is InChI=1S/C32H36ClN5O5/c1-20(2)34-16-17-42-27-13-10-23(18-25(27)33)36-31-35-15-14-29(37-31)43-32(39)38(30-21(3)8-7-9-22(30)4)26-12-11-24(40-5)19-28(26)41-6/h7-15,18-20,34H,16-17H2,1-6H3,(H,35,36,37). The summed E-state index contributed by atoms with van der Waals surface area (Å²) in [4.78, 5) is 24.0. The second-order valence-corrected chi connectivity index (χ2v) is 10.3. The number of rotatable bonds is 12. The van der Waals surface area contributed by atoms with Crippen LogP contribution < -0.4 is 34.5 Å². The van der Waals surface area contributed by atoms with E-state index in [1.54, 1.807) is 43.5 Å². The van der Waals surface area contributed by atoms with Gasteiger partial charge < -0.3 is 29.6 Å². The number of nitrogens with zero attached hydrogens (tertiary/aromatic N) is 3. The molecule has 1 aromatic heterocycles. The summed E-state index contributed by atoms with van der Waals surface area (Å²) in [5.74, 6) is 1.86. The summed E-state index contributed by atoms with van der Waals surface area (Å²) in [5, 5.41) is 6.83. The molecule has 1 heterocycles. The van der Waals surface area contributed by atoms with Crippen LogP contribution in [0.4, 0.5) is 27.8 Å². The average Bonchev–Trinajstić information content (AvgIpc) is 2.98. The monoisotopic (exact) mass is 605 g/mol. The number of methoxy groups -OCH3 is 2. The van der Waals surface area contributed by atoms with Crippen LogP contribution in [0.1, 0.15) is 25.0 Å². The van der Waals surface area contributed by atoms with Crippen LogP contribution in [-0.2, 0) is 0 Å². The van der Waals surface area contributed by atoms with Gasteiger partial charge in [0.25, 0.3) is 0 Å². The molecule has 0 aliphatic rings. The number of amides is 1. The molecule has 0 aliphatic heterocycles. The molecule has 43 heavy (non-hydrogen) atoms. The van der Waals surface area contributed by atoms with Crippen molar-refractivity contribution in [3.8, 4) is 23.1 Å². The van der Waals surface area contributed by atoms with Crippen LogP contribution in [0.5, 0.6) is 23.1 Å². The van der Waals surface area contributed by atoms with E-state index in [4.69, 9.17) is 30.5 Å². The predicted octanol–water partition coefficient (Wildman–Crippen LogP) is 7.22. The van der Waals surface area contributed by atoms with Crippen molar-refractivity contribution in [1.82, 2.24) is 15.3 Å². The molecule has 0 aliphatic carbocycles. The number of carbonyl (C=O) groups is 1. The Hall–Kier alpha value is -4.54. The maximum absolute atomic E-state index is 13.8. The molecule has 0 fully saturated rings. The SMILES string of the molecule is COc1ccc(N(C(=O)Oc2ccnc(Nc3ccc(OCCNC(C)C)c(Cl)c3)n2)c2c(C)cccc2C)c(OC)c1. The second-order valence-electron chi connectivity index (χ2n) is 9.93. The zero-order chi connectivity index (χ0) is 30.9. The Labute approximate surface area is 256 Å². The maximum atomic E-state index is 13.8. The van der Waals surface area contributed by atoms with Gasteiger partial charge in [-0.25, -0.2) is 14.7 Å². The highest BCUT2D eigenvalue weighted by Crippen LogP contribution is 2.40. The van der Waals surface area contributed by atoms with Crippen molar-refractivity contribution < 1.29 is 23.7 Å². The number of benzene rings is 3. The van der Waals surface area contributed by atoms with Crippen molar-refractivity contribution in [2.45, 2.75) is 33.7 Å². The summed E-state index contributed by atoms with van der Waals surface area (Å²) in [6, 6.07) is 18.2. The zero-order valence-corrected chi connectivity index (χ0v) is 25.9. The van der Waals surface area contributed by atoms with E-state index >= 15 is 0 Å². The fourth-order valence-corrected chi connectivity index (χ4v) is 4.60. The lowest BCUT2D eigenvalue weighted by Gasteiger charge is -2.27. The molecule has 0 bridgehead atoms. The molecule has 0 radical (unpaired) electrons. The summed E-state index contributed by atoms with van der Waals surface area (Å²) >= 11 is 6.44. The fourth-order valence-electron chi connectivity index (χ4n) is 4.37.